The van der Waals surface area contributed by atoms with E-state index in [9.17, 15) is 9.50 Å². The van der Waals surface area contributed by atoms with Gasteiger partial charge in [-0.15, -0.1) is 0 Å². The first-order valence-corrected chi connectivity index (χ1v) is 4.49. The lowest BCUT2D eigenvalue weighted by molar-refractivity contribution is 0.420. The fourth-order valence-corrected chi connectivity index (χ4v) is 1.64. The molecule has 1 aromatic rings. The monoisotopic (exact) mass is 248 g/mol. The number of benzene rings is 1. The third-order valence-corrected chi connectivity index (χ3v) is 2.43. The summed E-state index contributed by atoms with van der Waals surface area (Å²) in [6, 6.07) is 2.08. The zero-order valence-corrected chi connectivity index (χ0v) is 8.38. The summed E-state index contributed by atoms with van der Waals surface area (Å²) in [5.74, 6) is -1.13. The molecule has 0 fully saturated rings. The molecule has 3 nitrogen and oxygen atoms in total. The van der Waals surface area contributed by atoms with Crippen LogP contribution in [0, 0.1) is 5.82 Å². The zero-order chi connectivity index (χ0) is 10.0. The SMILES string of the molecule is NCC(N)c1c(Br)ccc(F)c1O. The molecular weight excluding hydrogens is 239 g/mol. The second-order valence-corrected chi connectivity index (χ2v) is 3.49. The highest BCUT2D eigenvalue weighted by Gasteiger charge is 2.16. The molecule has 0 radical (unpaired) electrons. The van der Waals surface area contributed by atoms with Crippen molar-refractivity contribution in [3.8, 4) is 5.75 Å². The van der Waals surface area contributed by atoms with Gasteiger partial charge in [-0.25, -0.2) is 4.39 Å². The third kappa shape index (κ3) is 1.99. The maximum Gasteiger partial charge on any atom is 0.165 e. The molecule has 5 heteroatoms. The van der Waals surface area contributed by atoms with Crippen LogP contribution >= 0.6 is 15.9 Å². The van der Waals surface area contributed by atoms with Crippen molar-refractivity contribution in [3.63, 3.8) is 0 Å². The van der Waals surface area contributed by atoms with Crippen LogP contribution in [0.5, 0.6) is 5.75 Å². The smallest absolute Gasteiger partial charge is 0.165 e. The molecule has 1 unspecified atom stereocenters. The Balaban J connectivity index is 3.25. The molecule has 0 aliphatic rings. The quantitative estimate of drug-likeness (QED) is 0.738. The number of nitrogens with two attached hydrogens (primary N) is 2. The van der Waals surface area contributed by atoms with Crippen molar-refractivity contribution in [3.05, 3.63) is 28.0 Å². The van der Waals surface area contributed by atoms with Crippen molar-refractivity contribution in [2.45, 2.75) is 6.04 Å². The topological polar surface area (TPSA) is 72.3 Å². The molecule has 0 bridgehead atoms. The van der Waals surface area contributed by atoms with Gasteiger partial charge in [0.25, 0.3) is 0 Å². The maximum atomic E-state index is 12.9. The molecule has 5 N–H and O–H groups in total. The first kappa shape index (κ1) is 10.4. The number of hydrogen-bond acceptors (Lipinski definition) is 3. The molecule has 13 heavy (non-hydrogen) atoms. The molecule has 1 atom stereocenters. The number of aromatic hydroxyl groups is 1. The van der Waals surface area contributed by atoms with E-state index in [1.807, 2.05) is 0 Å². The molecule has 0 amide bonds. The second kappa shape index (κ2) is 4.04. The number of phenolic OH excluding ortho intramolecular Hbond substituents is 1. The van der Waals surface area contributed by atoms with E-state index in [2.05, 4.69) is 15.9 Å². The van der Waals surface area contributed by atoms with E-state index in [-0.39, 0.29) is 6.54 Å². The van der Waals surface area contributed by atoms with Crippen LogP contribution < -0.4 is 11.5 Å². The second-order valence-electron chi connectivity index (χ2n) is 2.63. The fourth-order valence-electron chi connectivity index (χ4n) is 1.03. The molecule has 0 saturated carbocycles. The van der Waals surface area contributed by atoms with Crippen LogP contribution in [0.1, 0.15) is 11.6 Å². The van der Waals surface area contributed by atoms with Gasteiger partial charge < -0.3 is 16.6 Å². The molecule has 0 heterocycles. The van der Waals surface area contributed by atoms with Crippen molar-refractivity contribution in [1.29, 1.82) is 0 Å². The van der Waals surface area contributed by atoms with E-state index in [0.29, 0.717) is 10.0 Å². The van der Waals surface area contributed by atoms with Crippen LogP contribution in [0.3, 0.4) is 0 Å². The maximum absolute atomic E-state index is 12.9. The molecule has 0 spiro atoms. The van der Waals surface area contributed by atoms with Crippen LogP contribution in [-0.2, 0) is 0 Å². The van der Waals surface area contributed by atoms with Crippen LogP contribution in [-0.4, -0.2) is 11.7 Å². The Morgan fingerprint density at radius 2 is 2.15 bits per heavy atom. The van der Waals surface area contributed by atoms with Gasteiger partial charge in [-0.05, 0) is 12.1 Å². The number of hydrogen-bond donors (Lipinski definition) is 3. The number of rotatable bonds is 2. The van der Waals surface area contributed by atoms with E-state index in [1.165, 1.54) is 6.07 Å². The summed E-state index contributed by atoms with van der Waals surface area (Å²) in [5.41, 5.74) is 11.2. The fraction of sp³-hybridized carbons (Fsp3) is 0.250. The lowest BCUT2D eigenvalue weighted by Crippen LogP contribution is -2.21. The van der Waals surface area contributed by atoms with Gasteiger partial charge in [0, 0.05) is 22.6 Å². The highest BCUT2D eigenvalue weighted by Crippen LogP contribution is 2.32. The van der Waals surface area contributed by atoms with Gasteiger partial charge in [0.1, 0.15) is 0 Å². The number of phenols is 1. The standard InChI is InChI=1S/C8H10BrFN2O/c9-4-1-2-5(10)8(13)7(4)6(12)3-11/h1-2,6,13H,3,11-12H2. The van der Waals surface area contributed by atoms with Gasteiger partial charge >= 0.3 is 0 Å². The average Bonchev–Trinajstić information content (AvgIpc) is 2.12. The molecule has 0 aliphatic heterocycles. The predicted octanol–water partition coefficient (Wildman–Crippen LogP) is 1.25. The largest absolute Gasteiger partial charge is 0.505 e. The van der Waals surface area contributed by atoms with E-state index in [1.54, 1.807) is 0 Å². The summed E-state index contributed by atoms with van der Waals surface area (Å²) in [6.45, 7) is 0.148. The Morgan fingerprint density at radius 1 is 1.54 bits per heavy atom. The van der Waals surface area contributed by atoms with E-state index >= 15 is 0 Å². The Morgan fingerprint density at radius 3 is 2.69 bits per heavy atom. The van der Waals surface area contributed by atoms with Crippen LogP contribution in [0.4, 0.5) is 4.39 Å². The summed E-state index contributed by atoms with van der Waals surface area (Å²) in [7, 11) is 0. The lowest BCUT2D eigenvalue weighted by Gasteiger charge is -2.13. The minimum Gasteiger partial charge on any atom is -0.505 e. The summed E-state index contributed by atoms with van der Waals surface area (Å²) in [4.78, 5) is 0. The van der Waals surface area contributed by atoms with Crippen LogP contribution in [0.25, 0.3) is 0 Å². The molecule has 0 saturated heterocycles. The summed E-state index contributed by atoms with van der Waals surface area (Å²) in [5, 5.41) is 9.34. The van der Waals surface area contributed by atoms with E-state index in [4.69, 9.17) is 11.5 Å². The Labute approximate surface area is 83.7 Å². The Kier molecular flexibility index (Phi) is 3.24. The third-order valence-electron chi connectivity index (χ3n) is 1.74. The molecule has 72 valence electrons. The summed E-state index contributed by atoms with van der Waals surface area (Å²) in [6.07, 6.45) is 0. The summed E-state index contributed by atoms with van der Waals surface area (Å²) < 4.78 is 13.4. The van der Waals surface area contributed by atoms with Gasteiger partial charge in [0.15, 0.2) is 11.6 Å². The average molecular weight is 249 g/mol. The van der Waals surface area contributed by atoms with Crippen LogP contribution in [0.15, 0.2) is 16.6 Å². The van der Waals surface area contributed by atoms with Crippen molar-refractivity contribution < 1.29 is 9.50 Å². The normalized spacial score (nSPS) is 12.9. The zero-order valence-electron chi connectivity index (χ0n) is 6.80. The van der Waals surface area contributed by atoms with E-state index in [0.717, 1.165) is 6.07 Å². The van der Waals surface area contributed by atoms with Crippen molar-refractivity contribution in [2.24, 2.45) is 11.5 Å². The molecule has 1 aromatic carbocycles. The molecule has 0 aliphatic carbocycles. The van der Waals surface area contributed by atoms with Crippen molar-refractivity contribution >= 4 is 15.9 Å². The van der Waals surface area contributed by atoms with Gasteiger partial charge in [-0.1, -0.05) is 15.9 Å². The Hall–Kier alpha value is -0.650. The van der Waals surface area contributed by atoms with E-state index < -0.39 is 17.6 Å². The van der Waals surface area contributed by atoms with Gasteiger partial charge in [0.2, 0.25) is 0 Å². The van der Waals surface area contributed by atoms with Gasteiger partial charge in [-0.3, -0.25) is 0 Å². The first-order chi connectivity index (χ1) is 6.07. The van der Waals surface area contributed by atoms with Gasteiger partial charge in [-0.2, -0.15) is 0 Å². The van der Waals surface area contributed by atoms with Crippen molar-refractivity contribution in [1.82, 2.24) is 0 Å². The lowest BCUT2D eigenvalue weighted by atomic mass is 10.1. The summed E-state index contributed by atoms with van der Waals surface area (Å²) >= 11 is 3.16. The Bertz CT molecular complexity index is 319. The molecule has 1 rings (SSSR count). The molecular formula is C8H10BrFN2O. The first-order valence-electron chi connectivity index (χ1n) is 3.70. The minimum atomic E-state index is -0.692. The highest BCUT2D eigenvalue weighted by molar-refractivity contribution is 9.10. The predicted molar refractivity (Wildman–Crippen MR) is 51.7 cm³/mol. The van der Waals surface area contributed by atoms with Gasteiger partial charge in [0.05, 0.1) is 0 Å². The van der Waals surface area contributed by atoms with Crippen LogP contribution in [0.2, 0.25) is 0 Å². The highest BCUT2D eigenvalue weighted by atomic mass is 79.9. The van der Waals surface area contributed by atoms with Crippen molar-refractivity contribution in [2.75, 3.05) is 6.54 Å². The molecule has 0 aromatic heterocycles. The number of halogens is 2. The minimum absolute atomic E-state index is 0.148.